The molecule has 0 spiro atoms. The molecular weight excluding hydrogens is 296 g/mol. The molecule has 6 nitrogen and oxygen atoms in total. The fraction of sp³-hybridized carbons (Fsp3) is 0.357. The first-order valence-corrected chi connectivity index (χ1v) is 6.86. The van der Waals surface area contributed by atoms with Gasteiger partial charge in [-0.05, 0) is 31.0 Å². The van der Waals surface area contributed by atoms with E-state index in [0.717, 1.165) is 5.56 Å². The van der Waals surface area contributed by atoms with E-state index in [9.17, 15) is 14.4 Å². The van der Waals surface area contributed by atoms with Crippen molar-refractivity contribution in [1.29, 1.82) is 0 Å². The summed E-state index contributed by atoms with van der Waals surface area (Å²) >= 11 is 5.95. The zero-order valence-electron chi connectivity index (χ0n) is 11.4. The molecule has 1 aromatic rings. The molecule has 0 radical (unpaired) electrons. The molecule has 0 unspecified atom stereocenters. The molecular formula is C14H15ClN2O4. The van der Waals surface area contributed by atoms with Crippen molar-refractivity contribution in [2.75, 3.05) is 11.9 Å². The lowest BCUT2D eigenvalue weighted by atomic mass is 10.2. The third kappa shape index (κ3) is 3.95. The van der Waals surface area contributed by atoms with Crippen LogP contribution in [-0.2, 0) is 19.1 Å². The fourth-order valence-electron chi connectivity index (χ4n) is 1.96. The number of carbonyl (C=O) groups is 3. The van der Waals surface area contributed by atoms with Gasteiger partial charge in [0.2, 0.25) is 5.91 Å². The third-order valence-electron chi connectivity index (χ3n) is 3.17. The molecule has 21 heavy (non-hydrogen) atoms. The number of hydrogen-bond acceptors (Lipinski definition) is 4. The van der Waals surface area contributed by atoms with Crippen LogP contribution in [0, 0.1) is 6.92 Å². The van der Waals surface area contributed by atoms with Crippen molar-refractivity contribution in [2.45, 2.75) is 25.8 Å². The Hall–Kier alpha value is -2.08. The van der Waals surface area contributed by atoms with Crippen molar-refractivity contribution in [1.82, 2.24) is 5.32 Å². The van der Waals surface area contributed by atoms with Crippen LogP contribution >= 0.6 is 11.6 Å². The smallest absolute Gasteiger partial charge is 0.329 e. The van der Waals surface area contributed by atoms with Crippen LogP contribution < -0.4 is 10.6 Å². The normalized spacial score (nSPS) is 17.2. The molecule has 1 heterocycles. The molecule has 112 valence electrons. The molecule has 1 saturated heterocycles. The summed E-state index contributed by atoms with van der Waals surface area (Å²) in [7, 11) is 0. The molecule has 0 aromatic heterocycles. The molecule has 0 aliphatic carbocycles. The van der Waals surface area contributed by atoms with Gasteiger partial charge < -0.3 is 15.4 Å². The highest BCUT2D eigenvalue weighted by Crippen LogP contribution is 2.22. The summed E-state index contributed by atoms with van der Waals surface area (Å²) in [4.78, 5) is 34.4. The molecule has 1 aliphatic rings. The maximum absolute atomic E-state index is 11.7. The van der Waals surface area contributed by atoms with Gasteiger partial charge in [0.15, 0.2) is 6.61 Å². The van der Waals surface area contributed by atoms with Gasteiger partial charge in [0, 0.05) is 17.1 Å². The Morgan fingerprint density at radius 1 is 1.48 bits per heavy atom. The van der Waals surface area contributed by atoms with Crippen molar-refractivity contribution in [3.8, 4) is 0 Å². The number of amides is 2. The van der Waals surface area contributed by atoms with Crippen LogP contribution in [0.5, 0.6) is 0 Å². The van der Waals surface area contributed by atoms with Crippen molar-refractivity contribution in [3.63, 3.8) is 0 Å². The first-order chi connectivity index (χ1) is 9.97. The third-order valence-corrected chi connectivity index (χ3v) is 3.58. The van der Waals surface area contributed by atoms with Crippen LogP contribution in [-0.4, -0.2) is 30.4 Å². The number of esters is 1. The monoisotopic (exact) mass is 310 g/mol. The zero-order valence-corrected chi connectivity index (χ0v) is 12.2. The number of carbonyl (C=O) groups excluding carboxylic acids is 3. The SMILES string of the molecule is Cc1c(Cl)cccc1NC(=O)COC(=O)[C@@H]1CCC(=O)N1. The highest BCUT2D eigenvalue weighted by atomic mass is 35.5. The van der Waals surface area contributed by atoms with Gasteiger partial charge in [-0.25, -0.2) is 4.79 Å². The molecule has 1 fully saturated rings. The summed E-state index contributed by atoms with van der Waals surface area (Å²) in [5.41, 5.74) is 1.31. The number of anilines is 1. The van der Waals surface area contributed by atoms with E-state index in [0.29, 0.717) is 23.6 Å². The lowest BCUT2D eigenvalue weighted by Gasteiger charge is -2.12. The van der Waals surface area contributed by atoms with Crippen LogP contribution in [0.1, 0.15) is 18.4 Å². The molecule has 1 aromatic carbocycles. The van der Waals surface area contributed by atoms with Crippen LogP contribution in [0.3, 0.4) is 0 Å². The van der Waals surface area contributed by atoms with Gasteiger partial charge in [0.1, 0.15) is 6.04 Å². The van der Waals surface area contributed by atoms with Crippen molar-refractivity contribution >= 4 is 35.1 Å². The van der Waals surface area contributed by atoms with Crippen LogP contribution in [0.15, 0.2) is 18.2 Å². The van der Waals surface area contributed by atoms with Gasteiger partial charge in [0.05, 0.1) is 0 Å². The minimum Gasteiger partial charge on any atom is -0.454 e. The molecule has 2 N–H and O–H groups in total. The second-order valence-corrected chi connectivity index (χ2v) is 5.13. The van der Waals surface area contributed by atoms with Crippen molar-refractivity contribution < 1.29 is 19.1 Å². The molecule has 2 amide bonds. The molecule has 7 heteroatoms. The maximum Gasteiger partial charge on any atom is 0.329 e. The van der Waals surface area contributed by atoms with E-state index in [1.807, 2.05) is 0 Å². The summed E-state index contributed by atoms with van der Waals surface area (Å²) in [5, 5.41) is 5.64. The Bertz CT molecular complexity index is 588. The van der Waals surface area contributed by atoms with E-state index < -0.39 is 24.5 Å². The number of nitrogens with one attached hydrogen (secondary N) is 2. The molecule has 1 atom stereocenters. The van der Waals surface area contributed by atoms with Gasteiger partial charge in [-0.1, -0.05) is 17.7 Å². The van der Waals surface area contributed by atoms with E-state index >= 15 is 0 Å². The Balaban J connectivity index is 1.83. The lowest BCUT2D eigenvalue weighted by Crippen LogP contribution is -2.36. The van der Waals surface area contributed by atoms with Gasteiger partial charge in [0.25, 0.3) is 5.91 Å². The quantitative estimate of drug-likeness (QED) is 0.824. The number of rotatable bonds is 4. The molecule has 0 saturated carbocycles. The summed E-state index contributed by atoms with van der Waals surface area (Å²) in [5.74, 6) is -1.24. The first-order valence-electron chi connectivity index (χ1n) is 6.48. The highest BCUT2D eigenvalue weighted by molar-refractivity contribution is 6.31. The fourth-order valence-corrected chi connectivity index (χ4v) is 2.13. The average molecular weight is 311 g/mol. The Kier molecular flexibility index (Phi) is 4.80. The molecule has 1 aliphatic heterocycles. The van der Waals surface area contributed by atoms with Crippen molar-refractivity contribution in [3.05, 3.63) is 28.8 Å². The van der Waals surface area contributed by atoms with E-state index in [2.05, 4.69) is 10.6 Å². The Morgan fingerprint density at radius 3 is 2.90 bits per heavy atom. The van der Waals surface area contributed by atoms with Crippen LogP contribution in [0.25, 0.3) is 0 Å². The van der Waals surface area contributed by atoms with E-state index in [4.69, 9.17) is 16.3 Å². The minimum atomic E-state index is -0.654. The van der Waals surface area contributed by atoms with Gasteiger partial charge >= 0.3 is 5.97 Å². The van der Waals surface area contributed by atoms with Crippen molar-refractivity contribution in [2.24, 2.45) is 0 Å². The lowest BCUT2D eigenvalue weighted by molar-refractivity contribution is -0.149. The van der Waals surface area contributed by atoms with Gasteiger partial charge in [-0.2, -0.15) is 0 Å². The van der Waals surface area contributed by atoms with E-state index in [-0.39, 0.29) is 5.91 Å². The number of benzene rings is 1. The largest absolute Gasteiger partial charge is 0.454 e. The zero-order chi connectivity index (χ0) is 15.4. The number of halogens is 1. The second kappa shape index (κ2) is 6.58. The Morgan fingerprint density at radius 2 is 2.24 bits per heavy atom. The highest BCUT2D eigenvalue weighted by Gasteiger charge is 2.28. The van der Waals surface area contributed by atoms with Gasteiger partial charge in [-0.3, -0.25) is 9.59 Å². The predicted octanol–water partition coefficient (Wildman–Crippen LogP) is 1.41. The number of ether oxygens (including phenoxy) is 1. The summed E-state index contributed by atoms with van der Waals surface area (Å²) < 4.78 is 4.88. The topological polar surface area (TPSA) is 84.5 Å². The minimum absolute atomic E-state index is 0.184. The Labute approximate surface area is 126 Å². The van der Waals surface area contributed by atoms with Crippen LogP contribution in [0.4, 0.5) is 5.69 Å². The number of hydrogen-bond donors (Lipinski definition) is 2. The first kappa shape index (κ1) is 15.3. The average Bonchev–Trinajstić information content (AvgIpc) is 2.88. The van der Waals surface area contributed by atoms with Crippen LogP contribution in [0.2, 0.25) is 5.02 Å². The molecule has 2 rings (SSSR count). The van der Waals surface area contributed by atoms with E-state index in [1.165, 1.54) is 0 Å². The summed E-state index contributed by atoms with van der Waals surface area (Å²) in [6.07, 6.45) is 0.695. The standard InChI is InChI=1S/C14H15ClN2O4/c1-8-9(15)3-2-4-10(8)16-13(19)7-21-14(20)11-5-6-12(18)17-11/h2-4,11H,5-7H2,1H3,(H,16,19)(H,17,18)/t11-/m0/s1. The summed E-state index contributed by atoms with van der Waals surface area (Å²) in [6.45, 7) is 1.37. The molecule has 0 bridgehead atoms. The second-order valence-electron chi connectivity index (χ2n) is 4.73. The maximum atomic E-state index is 11.7. The van der Waals surface area contributed by atoms with Gasteiger partial charge in [-0.15, -0.1) is 0 Å². The summed E-state index contributed by atoms with van der Waals surface area (Å²) in [6, 6.07) is 4.48. The van der Waals surface area contributed by atoms with E-state index in [1.54, 1.807) is 25.1 Å². The predicted molar refractivity (Wildman–Crippen MR) is 76.9 cm³/mol.